The maximum Gasteiger partial charge on any atom is 0.223 e. The van der Waals surface area contributed by atoms with Gasteiger partial charge in [-0.25, -0.2) is 0 Å². The molecule has 2 aromatic rings. The first-order valence-electron chi connectivity index (χ1n) is 8.29. The molecule has 0 atom stereocenters. The highest BCUT2D eigenvalue weighted by Gasteiger charge is 2.20. The van der Waals surface area contributed by atoms with Gasteiger partial charge in [0.05, 0.1) is 11.9 Å². The van der Waals surface area contributed by atoms with Gasteiger partial charge in [0.2, 0.25) is 5.91 Å². The molecule has 120 valence electrons. The Bertz CT molecular complexity index is 651. The summed E-state index contributed by atoms with van der Waals surface area (Å²) in [5.74, 6) is 0.480. The molecule has 1 saturated carbocycles. The Morgan fingerprint density at radius 3 is 2.91 bits per heavy atom. The van der Waals surface area contributed by atoms with E-state index in [0.29, 0.717) is 0 Å². The second-order valence-corrected chi connectivity index (χ2v) is 6.29. The largest absolute Gasteiger partial charge is 0.356 e. The third kappa shape index (κ3) is 3.00. The standard InChI is InChI=1S/C16H25N5O/c1-12-15-14(20(2)19-12)11-18-21(15)10-6-9-17-16(22)13-7-4-3-5-8-13/h11,13H,3-10H2,1-2H3,(H,17,22). The number of hydrogen-bond acceptors (Lipinski definition) is 3. The lowest BCUT2D eigenvalue weighted by Gasteiger charge is -2.20. The van der Waals surface area contributed by atoms with E-state index in [9.17, 15) is 4.79 Å². The number of nitrogens with zero attached hydrogens (tertiary/aromatic N) is 4. The summed E-state index contributed by atoms with van der Waals surface area (Å²) in [4.78, 5) is 12.1. The zero-order valence-corrected chi connectivity index (χ0v) is 13.5. The molecule has 0 saturated heterocycles. The van der Waals surface area contributed by atoms with E-state index in [-0.39, 0.29) is 11.8 Å². The van der Waals surface area contributed by atoms with Crippen LogP contribution in [0.5, 0.6) is 0 Å². The number of nitrogens with one attached hydrogen (secondary N) is 1. The lowest BCUT2D eigenvalue weighted by molar-refractivity contribution is -0.125. The van der Waals surface area contributed by atoms with Crippen LogP contribution < -0.4 is 5.32 Å². The third-order valence-corrected chi connectivity index (χ3v) is 4.63. The van der Waals surface area contributed by atoms with Gasteiger partial charge in [-0.3, -0.25) is 14.2 Å². The van der Waals surface area contributed by atoms with Crippen molar-refractivity contribution in [2.45, 2.75) is 52.0 Å². The number of rotatable bonds is 5. The van der Waals surface area contributed by atoms with Gasteiger partial charge in [-0.2, -0.15) is 10.2 Å². The smallest absolute Gasteiger partial charge is 0.223 e. The van der Waals surface area contributed by atoms with E-state index in [1.807, 2.05) is 29.5 Å². The number of carbonyl (C=O) groups excluding carboxylic acids is 1. The number of fused-ring (bicyclic) bond motifs is 1. The van der Waals surface area contributed by atoms with Crippen LogP contribution in [0.3, 0.4) is 0 Å². The van der Waals surface area contributed by atoms with E-state index >= 15 is 0 Å². The molecule has 6 heteroatoms. The van der Waals surface area contributed by atoms with Crippen molar-refractivity contribution in [3.05, 3.63) is 11.9 Å². The topological polar surface area (TPSA) is 64.7 Å². The molecule has 0 aromatic carbocycles. The third-order valence-electron chi connectivity index (χ3n) is 4.63. The predicted molar refractivity (Wildman–Crippen MR) is 85.4 cm³/mol. The normalized spacial score (nSPS) is 16.3. The van der Waals surface area contributed by atoms with Crippen molar-refractivity contribution in [3.63, 3.8) is 0 Å². The summed E-state index contributed by atoms with van der Waals surface area (Å²) in [5.41, 5.74) is 3.16. The fourth-order valence-corrected chi connectivity index (χ4v) is 3.43. The molecular formula is C16H25N5O. The monoisotopic (exact) mass is 303 g/mol. The van der Waals surface area contributed by atoms with E-state index in [1.54, 1.807) is 0 Å². The van der Waals surface area contributed by atoms with Crippen LogP contribution in [0.4, 0.5) is 0 Å². The Kier molecular flexibility index (Phi) is 4.45. The minimum absolute atomic E-state index is 0.239. The van der Waals surface area contributed by atoms with Crippen LogP contribution in [0.25, 0.3) is 11.0 Å². The quantitative estimate of drug-likeness (QED) is 0.861. The molecule has 0 aliphatic heterocycles. The van der Waals surface area contributed by atoms with Crippen LogP contribution in [-0.4, -0.2) is 32.0 Å². The molecule has 2 heterocycles. The van der Waals surface area contributed by atoms with Gasteiger partial charge >= 0.3 is 0 Å². The van der Waals surface area contributed by atoms with Crippen LogP contribution >= 0.6 is 0 Å². The minimum atomic E-state index is 0.239. The van der Waals surface area contributed by atoms with Gasteiger partial charge in [0, 0.05) is 26.1 Å². The zero-order valence-electron chi connectivity index (χ0n) is 13.5. The van der Waals surface area contributed by atoms with Gasteiger partial charge in [-0.05, 0) is 26.2 Å². The molecule has 22 heavy (non-hydrogen) atoms. The second kappa shape index (κ2) is 6.50. The molecule has 1 aliphatic rings. The van der Waals surface area contributed by atoms with Crippen molar-refractivity contribution in [2.75, 3.05) is 6.54 Å². The summed E-state index contributed by atoms with van der Waals surface area (Å²) < 4.78 is 3.85. The van der Waals surface area contributed by atoms with Crippen LogP contribution in [0.1, 0.15) is 44.2 Å². The average molecular weight is 303 g/mol. The maximum atomic E-state index is 12.1. The van der Waals surface area contributed by atoms with Gasteiger partial charge < -0.3 is 5.32 Å². The molecule has 0 unspecified atom stereocenters. The predicted octanol–water partition coefficient (Wildman–Crippen LogP) is 2.16. The number of aromatic nitrogens is 4. The number of amides is 1. The number of aryl methyl sites for hydroxylation is 3. The summed E-state index contributed by atoms with van der Waals surface area (Å²) >= 11 is 0. The maximum absolute atomic E-state index is 12.1. The molecule has 0 bridgehead atoms. The molecular weight excluding hydrogens is 278 g/mol. The van der Waals surface area contributed by atoms with E-state index < -0.39 is 0 Å². The molecule has 0 radical (unpaired) electrons. The van der Waals surface area contributed by atoms with E-state index in [1.165, 1.54) is 19.3 Å². The first-order chi connectivity index (χ1) is 10.7. The highest BCUT2D eigenvalue weighted by molar-refractivity contribution is 5.78. The van der Waals surface area contributed by atoms with Crippen LogP contribution in [0.2, 0.25) is 0 Å². The fourth-order valence-electron chi connectivity index (χ4n) is 3.43. The van der Waals surface area contributed by atoms with Gasteiger partial charge in [0.1, 0.15) is 11.0 Å². The van der Waals surface area contributed by atoms with Crippen molar-refractivity contribution in [3.8, 4) is 0 Å². The first kappa shape index (κ1) is 15.1. The lowest BCUT2D eigenvalue weighted by atomic mass is 9.89. The van der Waals surface area contributed by atoms with Crippen molar-refractivity contribution in [1.82, 2.24) is 24.9 Å². The zero-order chi connectivity index (χ0) is 15.5. The van der Waals surface area contributed by atoms with Gasteiger partial charge in [0.15, 0.2) is 0 Å². The molecule has 0 spiro atoms. The van der Waals surface area contributed by atoms with Gasteiger partial charge in [0.25, 0.3) is 0 Å². The summed E-state index contributed by atoms with van der Waals surface area (Å²) in [6.07, 6.45) is 8.54. The Hall–Kier alpha value is -1.85. The lowest BCUT2D eigenvalue weighted by Crippen LogP contribution is -2.32. The molecule has 6 nitrogen and oxygen atoms in total. The van der Waals surface area contributed by atoms with Crippen molar-refractivity contribution in [1.29, 1.82) is 0 Å². The molecule has 1 fully saturated rings. The van der Waals surface area contributed by atoms with Crippen molar-refractivity contribution >= 4 is 16.9 Å². The number of hydrogen-bond donors (Lipinski definition) is 1. The highest BCUT2D eigenvalue weighted by atomic mass is 16.1. The molecule has 3 rings (SSSR count). The molecule has 1 amide bonds. The van der Waals surface area contributed by atoms with E-state index in [0.717, 1.165) is 49.1 Å². The van der Waals surface area contributed by atoms with E-state index in [4.69, 9.17) is 0 Å². The Labute approximate surface area is 130 Å². The molecule has 1 aliphatic carbocycles. The first-order valence-corrected chi connectivity index (χ1v) is 8.29. The van der Waals surface area contributed by atoms with Crippen LogP contribution in [-0.2, 0) is 18.4 Å². The Balaban J connectivity index is 1.49. The number of carbonyl (C=O) groups is 1. The summed E-state index contributed by atoms with van der Waals surface area (Å²) in [7, 11) is 1.94. The fraction of sp³-hybridized carbons (Fsp3) is 0.688. The SMILES string of the molecule is Cc1nn(C)c2cnn(CCCNC(=O)C3CCCCC3)c12. The van der Waals surface area contributed by atoms with Crippen LogP contribution in [0.15, 0.2) is 6.20 Å². The van der Waals surface area contributed by atoms with Gasteiger partial charge in [-0.1, -0.05) is 19.3 Å². The summed E-state index contributed by atoms with van der Waals surface area (Å²) in [5, 5.41) is 11.9. The van der Waals surface area contributed by atoms with Crippen molar-refractivity contribution in [2.24, 2.45) is 13.0 Å². The van der Waals surface area contributed by atoms with Gasteiger partial charge in [-0.15, -0.1) is 0 Å². The second-order valence-electron chi connectivity index (χ2n) is 6.29. The minimum Gasteiger partial charge on any atom is -0.356 e. The molecule has 2 aromatic heterocycles. The molecule has 1 N–H and O–H groups in total. The van der Waals surface area contributed by atoms with E-state index in [2.05, 4.69) is 15.5 Å². The highest BCUT2D eigenvalue weighted by Crippen LogP contribution is 2.23. The van der Waals surface area contributed by atoms with Crippen molar-refractivity contribution < 1.29 is 4.79 Å². The Morgan fingerprint density at radius 1 is 1.36 bits per heavy atom. The van der Waals surface area contributed by atoms with Crippen LogP contribution in [0, 0.1) is 12.8 Å². The average Bonchev–Trinajstić information content (AvgIpc) is 3.07. The Morgan fingerprint density at radius 2 is 2.14 bits per heavy atom. The summed E-state index contributed by atoms with van der Waals surface area (Å²) in [6.45, 7) is 3.53. The summed E-state index contributed by atoms with van der Waals surface area (Å²) in [6, 6.07) is 0.